The number of hydrogen-bond acceptors (Lipinski definition) is 3. The Morgan fingerprint density at radius 1 is 1.29 bits per heavy atom. The molecule has 0 aliphatic rings. The zero-order valence-corrected chi connectivity index (χ0v) is 5.64. The average molecular weight is 126 g/mol. The van der Waals surface area contributed by atoms with E-state index in [-0.39, 0.29) is 0 Å². The molecule has 0 saturated carbocycles. The van der Waals surface area contributed by atoms with Crippen molar-refractivity contribution in [1.82, 2.24) is 0 Å². The van der Waals surface area contributed by atoms with Gasteiger partial charge in [-0.05, 0) is 0 Å². The molecule has 0 amide bonds. The fraction of sp³-hybridized carbons (Fsp3) is 1.00. The summed E-state index contributed by atoms with van der Waals surface area (Å²) in [5, 5.41) is 0. The van der Waals surface area contributed by atoms with Crippen molar-refractivity contribution in [2.45, 2.75) is 0 Å². The van der Waals surface area contributed by atoms with E-state index in [1.54, 1.807) is 0 Å². The predicted octanol–water partition coefficient (Wildman–Crippen LogP) is 0.175. The third-order valence-corrected chi connectivity index (χ3v) is 1.59. The standard InChI is InChI=1S/C3H11O3P/c1-6-7(2,3,4)5/h4-5H,1-3H3. The molecule has 0 aliphatic heterocycles. The molecule has 0 rings (SSSR count). The van der Waals surface area contributed by atoms with Crippen LogP contribution in [0.25, 0.3) is 0 Å². The molecule has 0 atom stereocenters. The third kappa shape index (κ3) is 6.31. The molecule has 46 valence electrons. The van der Waals surface area contributed by atoms with E-state index in [9.17, 15) is 0 Å². The Balaban J connectivity index is 3.83. The van der Waals surface area contributed by atoms with Gasteiger partial charge in [0, 0.05) is 0 Å². The Labute approximate surface area is 43.1 Å². The van der Waals surface area contributed by atoms with Gasteiger partial charge in [0.15, 0.2) is 0 Å². The van der Waals surface area contributed by atoms with E-state index < -0.39 is 7.28 Å². The molecular formula is C3H11O3P. The molecule has 0 aromatic rings. The van der Waals surface area contributed by atoms with E-state index in [2.05, 4.69) is 4.52 Å². The van der Waals surface area contributed by atoms with Crippen LogP contribution < -0.4 is 0 Å². The van der Waals surface area contributed by atoms with E-state index in [0.29, 0.717) is 0 Å². The van der Waals surface area contributed by atoms with Crippen LogP contribution in [0.4, 0.5) is 0 Å². The summed E-state index contributed by atoms with van der Waals surface area (Å²) in [5.74, 6) is 0. The number of hydrogen-bond donors (Lipinski definition) is 2. The van der Waals surface area contributed by atoms with Gasteiger partial charge in [-0.1, -0.05) is 0 Å². The van der Waals surface area contributed by atoms with Crippen LogP contribution in [-0.2, 0) is 4.52 Å². The van der Waals surface area contributed by atoms with Crippen LogP contribution in [0.5, 0.6) is 0 Å². The summed E-state index contributed by atoms with van der Waals surface area (Å²) in [7, 11) is -2.30. The van der Waals surface area contributed by atoms with Gasteiger partial charge in [-0.2, -0.15) is 0 Å². The van der Waals surface area contributed by atoms with Gasteiger partial charge in [0.1, 0.15) is 0 Å². The zero-order valence-electron chi connectivity index (χ0n) is 4.75. The van der Waals surface area contributed by atoms with Gasteiger partial charge in [0.05, 0.1) is 0 Å². The minimum atomic E-state index is -3.58. The topological polar surface area (TPSA) is 49.7 Å². The van der Waals surface area contributed by atoms with E-state index in [1.165, 1.54) is 20.4 Å². The van der Waals surface area contributed by atoms with Crippen molar-refractivity contribution in [3.63, 3.8) is 0 Å². The van der Waals surface area contributed by atoms with Gasteiger partial charge in [0.25, 0.3) is 0 Å². The average Bonchev–Trinajstić information content (AvgIpc) is 1.32. The molecule has 0 unspecified atom stereocenters. The Bertz CT molecular complexity index is 62.7. The molecule has 0 aromatic carbocycles. The van der Waals surface area contributed by atoms with Gasteiger partial charge in [-0.3, -0.25) is 0 Å². The summed E-state index contributed by atoms with van der Waals surface area (Å²) in [6.07, 6.45) is 0. The van der Waals surface area contributed by atoms with Crippen LogP contribution >= 0.6 is 7.28 Å². The monoisotopic (exact) mass is 126 g/mol. The van der Waals surface area contributed by atoms with Crippen molar-refractivity contribution in [2.24, 2.45) is 0 Å². The van der Waals surface area contributed by atoms with Crippen molar-refractivity contribution >= 4 is 7.28 Å². The molecule has 3 nitrogen and oxygen atoms in total. The van der Waals surface area contributed by atoms with Gasteiger partial charge >= 0.3 is 42.0 Å². The molecule has 0 heterocycles. The molecule has 0 fully saturated rings. The van der Waals surface area contributed by atoms with Crippen molar-refractivity contribution in [2.75, 3.05) is 20.4 Å². The van der Waals surface area contributed by atoms with Crippen molar-refractivity contribution < 1.29 is 14.3 Å². The predicted molar refractivity (Wildman–Crippen MR) is 30.2 cm³/mol. The summed E-state index contributed by atoms with van der Waals surface area (Å²) in [4.78, 5) is 17.5. The van der Waals surface area contributed by atoms with Crippen molar-refractivity contribution in [3.8, 4) is 0 Å². The Hall–Kier alpha value is 0.310. The fourth-order valence-electron chi connectivity index (χ4n) is 0. The Morgan fingerprint density at radius 2 is 1.43 bits per heavy atom. The van der Waals surface area contributed by atoms with Gasteiger partial charge in [0.2, 0.25) is 0 Å². The molecule has 0 radical (unpaired) electrons. The molecule has 0 aliphatic carbocycles. The molecule has 0 spiro atoms. The molecule has 0 saturated heterocycles. The quantitative estimate of drug-likeness (QED) is 0.492. The molecule has 0 aromatic heterocycles. The van der Waals surface area contributed by atoms with Crippen LogP contribution in [0.2, 0.25) is 0 Å². The van der Waals surface area contributed by atoms with E-state index in [0.717, 1.165) is 0 Å². The second-order valence-electron chi connectivity index (χ2n) is 2.05. The Morgan fingerprint density at radius 3 is 1.43 bits per heavy atom. The summed E-state index contributed by atoms with van der Waals surface area (Å²) in [6.45, 7) is 2.57. The van der Waals surface area contributed by atoms with E-state index >= 15 is 0 Å². The molecular weight excluding hydrogens is 115 g/mol. The molecule has 7 heavy (non-hydrogen) atoms. The van der Waals surface area contributed by atoms with Crippen LogP contribution in [0, 0.1) is 0 Å². The van der Waals surface area contributed by atoms with E-state index in [4.69, 9.17) is 9.79 Å². The molecule has 0 bridgehead atoms. The fourth-order valence-corrected chi connectivity index (χ4v) is 0. The van der Waals surface area contributed by atoms with Crippen LogP contribution in [0.1, 0.15) is 0 Å². The summed E-state index contributed by atoms with van der Waals surface area (Å²) < 4.78 is 4.37. The maximum atomic E-state index is 8.76. The number of rotatable bonds is 1. The van der Waals surface area contributed by atoms with Crippen molar-refractivity contribution in [3.05, 3.63) is 0 Å². The molecule has 4 heteroatoms. The van der Waals surface area contributed by atoms with Gasteiger partial charge in [-0.15, -0.1) is 0 Å². The van der Waals surface area contributed by atoms with Gasteiger partial charge in [-0.25, -0.2) is 0 Å². The SMILES string of the molecule is COP(C)(C)(O)O. The van der Waals surface area contributed by atoms with Crippen LogP contribution in [-0.4, -0.2) is 30.2 Å². The van der Waals surface area contributed by atoms with Crippen molar-refractivity contribution in [1.29, 1.82) is 0 Å². The normalized spacial score (nSPS) is 18.1. The first-order chi connectivity index (χ1) is 2.81. The zero-order chi connectivity index (χ0) is 6.15. The molecule has 2 N–H and O–H groups in total. The van der Waals surface area contributed by atoms with E-state index in [1.807, 2.05) is 0 Å². The summed E-state index contributed by atoms with van der Waals surface area (Å²) in [5.41, 5.74) is 0. The first-order valence-electron chi connectivity index (χ1n) is 1.89. The Kier molecular flexibility index (Phi) is 1.45. The minimum absolute atomic E-state index is 1.28. The second-order valence-corrected chi connectivity index (χ2v) is 6.14. The summed E-state index contributed by atoms with van der Waals surface area (Å²) in [6, 6.07) is 0. The first kappa shape index (κ1) is 7.31. The third-order valence-electron chi connectivity index (χ3n) is 0.528. The van der Waals surface area contributed by atoms with Gasteiger partial charge < -0.3 is 0 Å². The maximum absolute atomic E-state index is 8.76. The van der Waals surface area contributed by atoms with Crippen LogP contribution in [0.15, 0.2) is 0 Å². The summed E-state index contributed by atoms with van der Waals surface area (Å²) >= 11 is 0. The van der Waals surface area contributed by atoms with Crippen LogP contribution in [0.3, 0.4) is 0 Å². The first-order valence-corrected chi connectivity index (χ1v) is 4.84. The second kappa shape index (κ2) is 1.39.